The molecule has 0 spiro atoms. The van der Waals surface area contributed by atoms with Crippen molar-refractivity contribution in [2.75, 3.05) is 0 Å². The van der Waals surface area contributed by atoms with Crippen LogP contribution >= 0.6 is 0 Å². The SMILES string of the molecule is CCCCC[C@H]1CC[C@H](CCC2=CN(F)C(c3ccc(C#N)cc3)N=C2)CC1. The quantitative estimate of drug-likeness (QED) is 0.364. The Balaban J connectivity index is 1.43. The maximum atomic E-state index is 14.5. The summed E-state index contributed by atoms with van der Waals surface area (Å²) in [6.45, 7) is 2.27. The molecule has 150 valence electrons. The molecule has 1 aliphatic carbocycles. The van der Waals surface area contributed by atoms with Gasteiger partial charge in [0.05, 0.1) is 11.6 Å². The molecule has 0 bridgehead atoms. The molecule has 3 nitrogen and oxygen atoms in total. The van der Waals surface area contributed by atoms with Crippen molar-refractivity contribution in [3.63, 3.8) is 0 Å². The van der Waals surface area contributed by atoms with Crippen LogP contribution in [0.5, 0.6) is 0 Å². The second-order valence-electron chi connectivity index (χ2n) is 8.36. The van der Waals surface area contributed by atoms with Crippen LogP contribution in [0.1, 0.15) is 88.4 Å². The fourth-order valence-corrected chi connectivity index (χ4v) is 4.44. The molecule has 0 aromatic heterocycles. The number of rotatable bonds is 8. The molecule has 1 aromatic rings. The highest BCUT2D eigenvalue weighted by Gasteiger charge is 2.23. The molecule has 0 amide bonds. The van der Waals surface area contributed by atoms with Crippen molar-refractivity contribution in [1.29, 1.82) is 5.26 Å². The van der Waals surface area contributed by atoms with Gasteiger partial charge in [-0.1, -0.05) is 74.9 Å². The first-order chi connectivity index (χ1) is 13.7. The average Bonchev–Trinajstić information content (AvgIpc) is 2.73. The monoisotopic (exact) mass is 381 g/mol. The highest BCUT2D eigenvalue weighted by molar-refractivity contribution is 5.79. The van der Waals surface area contributed by atoms with Crippen molar-refractivity contribution < 1.29 is 4.48 Å². The maximum Gasteiger partial charge on any atom is 0.175 e. The predicted octanol–water partition coefficient (Wildman–Crippen LogP) is 6.88. The third-order valence-corrected chi connectivity index (χ3v) is 6.27. The fourth-order valence-electron chi connectivity index (χ4n) is 4.44. The summed E-state index contributed by atoms with van der Waals surface area (Å²) in [5, 5.41) is 9.58. The van der Waals surface area contributed by atoms with Crippen molar-refractivity contribution in [3.05, 3.63) is 47.2 Å². The zero-order chi connectivity index (χ0) is 19.8. The van der Waals surface area contributed by atoms with E-state index in [-0.39, 0.29) is 0 Å². The van der Waals surface area contributed by atoms with E-state index < -0.39 is 6.17 Å². The van der Waals surface area contributed by atoms with Crippen LogP contribution < -0.4 is 0 Å². The van der Waals surface area contributed by atoms with Gasteiger partial charge in [-0.05, 0) is 47.9 Å². The zero-order valence-electron chi connectivity index (χ0n) is 17.0. The molecule has 1 fully saturated rings. The minimum absolute atomic E-state index is 0.574. The zero-order valence-corrected chi connectivity index (χ0v) is 17.0. The van der Waals surface area contributed by atoms with E-state index in [1.165, 1.54) is 51.4 Å². The lowest BCUT2D eigenvalue weighted by Crippen LogP contribution is -2.19. The van der Waals surface area contributed by atoms with Crippen LogP contribution in [0, 0.1) is 23.2 Å². The lowest BCUT2D eigenvalue weighted by molar-refractivity contribution is 0.0364. The van der Waals surface area contributed by atoms with Crippen molar-refractivity contribution in [2.45, 2.75) is 77.3 Å². The molecule has 1 heterocycles. The number of aliphatic imine (C=N–C) groups is 1. The molecular weight excluding hydrogens is 349 g/mol. The summed E-state index contributed by atoms with van der Waals surface area (Å²) < 4.78 is 14.5. The summed E-state index contributed by atoms with van der Waals surface area (Å²) >= 11 is 0. The summed E-state index contributed by atoms with van der Waals surface area (Å²) in [6.07, 6.45) is 15.7. The van der Waals surface area contributed by atoms with Crippen LogP contribution in [-0.4, -0.2) is 11.3 Å². The maximum absolute atomic E-state index is 14.5. The molecule has 3 rings (SSSR count). The molecule has 4 heteroatoms. The molecule has 0 radical (unpaired) electrons. The molecule has 1 atom stereocenters. The number of halogens is 1. The van der Waals surface area contributed by atoms with Gasteiger partial charge in [0, 0.05) is 12.4 Å². The minimum Gasteiger partial charge on any atom is -0.261 e. The topological polar surface area (TPSA) is 39.4 Å². The third-order valence-electron chi connectivity index (χ3n) is 6.27. The first-order valence-electron chi connectivity index (χ1n) is 10.9. The summed E-state index contributed by atoms with van der Waals surface area (Å²) in [7, 11) is 0. The Labute approximate surface area is 168 Å². The Morgan fingerprint density at radius 1 is 1.07 bits per heavy atom. The van der Waals surface area contributed by atoms with Crippen LogP contribution in [0.15, 0.2) is 41.0 Å². The number of hydrogen-bond donors (Lipinski definition) is 0. The number of nitrogens with zero attached hydrogens (tertiary/aromatic N) is 3. The number of nitriles is 1. The Bertz CT molecular complexity index is 708. The standard InChI is InChI=1S/C24H32FN3/c1-2-3-4-5-19-6-8-20(9-7-19)10-11-22-17-27-24(28(25)18-22)23-14-12-21(16-26)13-15-23/h12-15,17-20,24H,2-11H2,1H3/t19-,20-,24?. The molecule has 1 unspecified atom stereocenters. The van der Waals surface area contributed by atoms with Gasteiger partial charge in [0.1, 0.15) is 0 Å². The summed E-state index contributed by atoms with van der Waals surface area (Å²) in [5.41, 5.74) is 2.30. The molecule has 1 saturated carbocycles. The summed E-state index contributed by atoms with van der Waals surface area (Å²) in [5.74, 6) is 1.72. The van der Waals surface area contributed by atoms with Crippen LogP contribution in [0.25, 0.3) is 0 Å². The fraction of sp³-hybridized carbons (Fsp3) is 0.583. The van der Waals surface area contributed by atoms with E-state index in [9.17, 15) is 4.48 Å². The number of allylic oxidation sites excluding steroid dienone is 1. The second kappa shape index (κ2) is 10.4. The van der Waals surface area contributed by atoms with Gasteiger partial charge < -0.3 is 0 Å². The Kier molecular flexibility index (Phi) is 7.65. The Morgan fingerprint density at radius 3 is 2.36 bits per heavy atom. The van der Waals surface area contributed by atoms with Crippen molar-refractivity contribution in [1.82, 2.24) is 5.12 Å². The van der Waals surface area contributed by atoms with E-state index in [1.807, 2.05) is 6.21 Å². The van der Waals surface area contributed by atoms with Gasteiger partial charge in [-0.2, -0.15) is 10.4 Å². The lowest BCUT2D eigenvalue weighted by Gasteiger charge is -2.29. The first-order valence-corrected chi connectivity index (χ1v) is 10.9. The van der Waals surface area contributed by atoms with Crippen LogP contribution in [0.3, 0.4) is 0 Å². The summed E-state index contributed by atoms with van der Waals surface area (Å²) in [6, 6.07) is 9.03. The van der Waals surface area contributed by atoms with E-state index >= 15 is 0 Å². The lowest BCUT2D eigenvalue weighted by atomic mass is 9.78. The molecule has 28 heavy (non-hydrogen) atoms. The van der Waals surface area contributed by atoms with Gasteiger partial charge >= 0.3 is 0 Å². The van der Waals surface area contributed by atoms with E-state index in [0.29, 0.717) is 10.7 Å². The molecule has 0 N–H and O–H groups in total. The smallest absolute Gasteiger partial charge is 0.175 e. The number of unbranched alkanes of at least 4 members (excludes halogenated alkanes) is 2. The highest BCUT2D eigenvalue weighted by Crippen LogP contribution is 2.35. The van der Waals surface area contributed by atoms with E-state index in [1.54, 1.807) is 30.5 Å². The average molecular weight is 382 g/mol. The van der Waals surface area contributed by atoms with Gasteiger partial charge in [-0.15, -0.1) is 0 Å². The van der Waals surface area contributed by atoms with Gasteiger partial charge in [0.15, 0.2) is 6.17 Å². The van der Waals surface area contributed by atoms with Crippen LogP contribution in [0.2, 0.25) is 0 Å². The third kappa shape index (κ3) is 5.67. The van der Waals surface area contributed by atoms with E-state index in [2.05, 4.69) is 18.0 Å². The van der Waals surface area contributed by atoms with E-state index in [0.717, 1.165) is 35.8 Å². The van der Waals surface area contributed by atoms with E-state index in [4.69, 9.17) is 5.26 Å². The predicted molar refractivity (Wildman–Crippen MR) is 112 cm³/mol. The van der Waals surface area contributed by atoms with Gasteiger partial charge in [0.2, 0.25) is 0 Å². The Hall–Kier alpha value is -2.15. The normalized spacial score (nSPS) is 24.7. The van der Waals surface area contributed by atoms with Gasteiger partial charge in [-0.25, -0.2) is 0 Å². The van der Waals surface area contributed by atoms with Crippen molar-refractivity contribution in [3.8, 4) is 6.07 Å². The first kappa shape index (κ1) is 20.6. The highest BCUT2D eigenvalue weighted by atomic mass is 19.2. The molecular formula is C24H32FN3. The van der Waals surface area contributed by atoms with Crippen LogP contribution in [0.4, 0.5) is 4.48 Å². The molecule has 1 aromatic carbocycles. The Morgan fingerprint density at radius 2 is 1.75 bits per heavy atom. The van der Waals surface area contributed by atoms with Gasteiger partial charge in [0.25, 0.3) is 0 Å². The largest absolute Gasteiger partial charge is 0.261 e. The van der Waals surface area contributed by atoms with Gasteiger partial charge in [-0.3, -0.25) is 4.99 Å². The number of hydrogen-bond acceptors (Lipinski definition) is 3. The van der Waals surface area contributed by atoms with Crippen LogP contribution in [-0.2, 0) is 0 Å². The second-order valence-corrected chi connectivity index (χ2v) is 8.36. The van der Waals surface area contributed by atoms with Crippen molar-refractivity contribution >= 4 is 6.21 Å². The minimum atomic E-state index is -0.643. The molecule has 1 aliphatic heterocycles. The van der Waals surface area contributed by atoms with Crippen molar-refractivity contribution in [2.24, 2.45) is 16.8 Å². The summed E-state index contributed by atoms with van der Waals surface area (Å²) in [4.78, 5) is 4.41. The number of benzene rings is 1. The molecule has 2 aliphatic rings. The molecule has 0 saturated heterocycles.